The van der Waals surface area contributed by atoms with E-state index < -0.39 is 26.8 Å². The summed E-state index contributed by atoms with van der Waals surface area (Å²) in [6.45, 7) is 0. The molecule has 0 N–H and O–H groups in total. The topological polar surface area (TPSA) is 12.4 Å². The van der Waals surface area contributed by atoms with E-state index in [1.807, 2.05) is 6.07 Å². The Morgan fingerprint density at radius 1 is 0.483 bits per heavy atom. The van der Waals surface area contributed by atoms with Crippen LogP contribution in [0.3, 0.4) is 0 Å². The van der Waals surface area contributed by atoms with Crippen LogP contribution in [-0.4, -0.2) is 0 Å². The molecule has 29 heavy (non-hydrogen) atoms. The zero-order valence-corrected chi connectivity index (χ0v) is 25.5. The summed E-state index contributed by atoms with van der Waals surface area (Å²) in [4.78, 5) is 0. The second-order valence-corrected chi connectivity index (χ2v) is 33.0. The molecule has 0 heterocycles. The van der Waals surface area contributed by atoms with E-state index in [2.05, 4.69) is 139 Å². The Labute approximate surface area is 196 Å². The van der Waals surface area contributed by atoms with Crippen LogP contribution in [0.1, 0.15) is 0 Å². The molecule has 4 rings (SSSR count). The van der Waals surface area contributed by atoms with Gasteiger partial charge in [0.05, 0.1) is 12.7 Å². The Morgan fingerprint density at radius 3 is 1.07 bits per heavy atom. The fraction of sp³-hybridized carbons (Fsp3) is 0. The van der Waals surface area contributed by atoms with Crippen LogP contribution in [0, 0.1) is 0 Å². The fourth-order valence-electron chi connectivity index (χ4n) is 3.22. The van der Waals surface area contributed by atoms with Gasteiger partial charge in [-0.3, -0.25) is 4.74 Å². The smallest absolute Gasteiger partial charge is 0.0625 e. The van der Waals surface area contributed by atoms with E-state index in [-0.39, 0.29) is 0 Å². The average molecular weight is 714 g/mol. The predicted molar refractivity (Wildman–Crippen MR) is 132 cm³/mol. The van der Waals surface area contributed by atoms with Crippen LogP contribution in [0.2, 0.25) is 0 Å². The minimum Gasteiger partial charge on any atom is -0.254 e. The van der Waals surface area contributed by atoms with Gasteiger partial charge in [0.2, 0.25) is 0 Å². The zero-order chi connectivity index (χ0) is 20.4. The van der Waals surface area contributed by atoms with Crippen LogP contribution >= 0.6 is 30.9 Å². The largest absolute Gasteiger partial charge is 0.254 e. The first-order chi connectivity index (χ1) is 14.3. The van der Waals surface area contributed by atoms with Crippen LogP contribution in [0.4, 0.5) is 5.69 Å². The second kappa shape index (κ2) is 12.0. The van der Waals surface area contributed by atoms with Crippen molar-refractivity contribution >= 4 is 52.5 Å². The normalized spacial score (nSPS) is 10.3. The second-order valence-electron chi connectivity index (χ2n) is 6.18. The van der Waals surface area contributed by atoms with E-state index in [4.69, 9.17) is 4.74 Å². The maximum absolute atomic E-state index is 5.41. The van der Waals surface area contributed by atoms with Gasteiger partial charge in [-0.1, -0.05) is 109 Å². The maximum atomic E-state index is 5.41. The zero-order valence-electron chi connectivity index (χ0n) is 15.9. The first kappa shape index (κ1) is 22.7. The van der Waals surface area contributed by atoms with Gasteiger partial charge < -0.3 is 0 Å². The standard InChI is InChI=1S/C24H20NP.2BrH.Hg/c1-5-13-21(14-6-1)25-26(22-15-7-2-8-16-22,23-17-9-3-10-18-23)24-19-11-4-12-20-24;;;/h1-20H;2*1H;/q;;;+2/p-2. The third-order valence-electron chi connectivity index (χ3n) is 4.41. The molecule has 0 aliphatic heterocycles. The van der Waals surface area contributed by atoms with Gasteiger partial charge in [0.25, 0.3) is 0 Å². The van der Waals surface area contributed by atoms with Gasteiger partial charge in [-0.2, -0.15) is 0 Å². The van der Waals surface area contributed by atoms with Crippen LogP contribution in [0.15, 0.2) is 126 Å². The van der Waals surface area contributed by atoms with Crippen molar-refractivity contribution in [3.63, 3.8) is 0 Å². The summed E-state index contributed by atoms with van der Waals surface area (Å²) in [5, 5.41) is 3.80. The van der Waals surface area contributed by atoms with Crippen LogP contribution < -0.4 is 15.9 Å². The number of nitrogens with zero attached hydrogens (tertiary/aromatic N) is 1. The van der Waals surface area contributed by atoms with Crippen molar-refractivity contribution in [2.45, 2.75) is 0 Å². The average Bonchev–Trinajstić information content (AvgIpc) is 2.80. The van der Waals surface area contributed by atoms with Gasteiger partial charge in [-0.05, 0) is 12.1 Å². The van der Waals surface area contributed by atoms with E-state index in [0.717, 1.165) is 5.69 Å². The third kappa shape index (κ3) is 5.79. The number of rotatable bonds is 4. The Hall–Kier alpha value is -0.995. The first-order valence-electron chi connectivity index (χ1n) is 9.27. The van der Waals surface area contributed by atoms with Crippen LogP contribution in [-0.2, 0) is 19.7 Å². The van der Waals surface area contributed by atoms with Gasteiger partial charge in [-0.15, -0.1) is 0 Å². The minimum atomic E-state index is -2.15. The Morgan fingerprint density at radius 2 is 0.759 bits per heavy atom. The van der Waals surface area contributed by atoms with Crippen molar-refractivity contribution in [3.8, 4) is 0 Å². The van der Waals surface area contributed by atoms with E-state index in [0.29, 0.717) is 0 Å². The Balaban J connectivity index is 0.000000755. The molecule has 0 atom stereocenters. The quantitative estimate of drug-likeness (QED) is 0.157. The summed E-state index contributed by atoms with van der Waals surface area (Å²) in [6.07, 6.45) is 0. The first-order valence-corrected chi connectivity index (χ1v) is 34.9. The fourth-order valence-corrected chi connectivity index (χ4v) is 6.75. The molecular weight excluding hydrogens is 694 g/mol. The molecule has 0 saturated carbocycles. The summed E-state index contributed by atoms with van der Waals surface area (Å²) < 4.78 is 5.41. The molecule has 142 valence electrons. The number of benzene rings is 4. The van der Waals surface area contributed by atoms with Crippen molar-refractivity contribution in [2.75, 3.05) is 0 Å². The van der Waals surface area contributed by atoms with E-state index in [1.165, 1.54) is 15.9 Å². The number of hydrogen-bond donors (Lipinski definition) is 0. The van der Waals surface area contributed by atoms with Gasteiger partial charge in [0, 0.05) is 15.9 Å². The molecule has 0 saturated heterocycles. The SMILES string of the molecule is [Br][Hg][Br].c1ccc(N=P(c2ccccc2)(c2ccccc2)c2ccccc2)cc1. The number of halogens is 2. The van der Waals surface area contributed by atoms with Gasteiger partial charge in [0.15, 0.2) is 0 Å². The minimum absolute atomic E-state index is 0.458. The predicted octanol–water partition coefficient (Wildman–Crippen LogP) is 7.18. The molecule has 4 aromatic carbocycles. The molecule has 0 aliphatic carbocycles. The maximum Gasteiger partial charge on any atom is 0.0625 e. The summed E-state index contributed by atoms with van der Waals surface area (Å²) in [5.74, 6) is 0. The van der Waals surface area contributed by atoms with Crippen molar-refractivity contribution in [3.05, 3.63) is 121 Å². The van der Waals surface area contributed by atoms with E-state index in [9.17, 15) is 0 Å². The van der Waals surface area contributed by atoms with E-state index in [1.54, 1.807) is 0 Å². The molecule has 5 heteroatoms. The van der Waals surface area contributed by atoms with Crippen molar-refractivity contribution in [1.29, 1.82) is 0 Å². The van der Waals surface area contributed by atoms with Crippen molar-refractivity contribution < 1.29 is 19.7 Å². The van der Waals surface area contributed by atoms with Crippen LogP contribution in [0.5, 0.6) is 0 Å². The molecule has 0 bridgehead atoms. The summed E-state index contributed by atoms with van der Waals surface area (Å²) in [6, 6.07) is 42.4. The Bertz CT molecular complexity index is 940. The summed E-state index contributed by atoms with van der Waals surface area (Å²) in [7, 11) is -2.15. The summed E-state index contributed by atoms with van der Waals surface area (Å²) >= 11 is 6.11. The van der Waals surface area contributed by atoms with Crippen molar-refractivity contribution in [2.24, 2.45) is 4.74 Å². The van der Waals surface area contributed by atoms with Crippen molar-refractivity contribution in [1.82, 2.24) is 0 Å². The van der Waals surface area contributed by atoms with E-state index >= 15 is 0 Å². The molecule has 0 radical (unpaired) electrons. The molecule has 0 fully saturated rings. The molecule has 1 nitrogen and oxygen atoms in total. The molecule has 0 aromatic heterocycles. The molecule has 0 amide bonds. The van der Waals surface area contributed by atoms with Gasteiger partial charge in [-0.25, -0.2) is 0 Å². The molecule has 0 unspecified atom stereocenters. The molecule has 0 aliphatic rings. The third-order valence-corrected chi connectivity index (χ3v) is 8.08. The molecular formula is C24H20Br2HgNP. The number of hydrogen-bond acceptors (Lipinski definition) is 1. The molecule has 4 aromatic rings. The summed E-state index contributed by atoms with van der Waals surface area (Å²) in [5.41, 5.74) is 1.01. The molecule has 0 spiro atoms. The van der Waals surface area contributed by atoms with Gasteiger partial charge in [0.1, 0.15) is 0 Å². The van der Waals surface area contributed by atoms with Gasteiger partial charge >= 0.3 is 43.5 Å². The van der Waals surface area contributed by atoms with Crippen LogP contribution in [0.25, 0.3) is 0 Å². The monoisotopic (exact) mass is 713 g/mol. The Kier molecular flexibility index (Phi) is 9.39.